The first-order chi connectivity index (χ1) is 14.7. The molecule has 0 aliphatic heterocycles. The van der Waals surface area contributed by atoms with Gasteiger partial charge < -0.3 is 20.1 Å². The molecule has 2 aromatic carbocycles. The molecule has 8 heteroatoms. The summed E-state index contributed by atoms with van der Waals surface area (Å²) in [7, 11) is 3.42. The molecule has 0 atom stereocenters. The first-order valence-corrected chi connectivity index (χ1v) is 9.95. The van der Waals surface area contributed by atoms with Crippen molar-refractivity contribution in [2.75, 3.05) is 27.4 Å². The molecule has 0 spiro atoms. The molecule has 3 rings (SSSR count). The highest BCUT2D eigenvalue weighted by atomic mass is 127. The van der Waals surface area contributed by atoms with Gasteiger partial charge in [-0.2, -0.15) is 5.10 Å². The van der Waals surface area contributed by atoms with Crippen LogP contribution in [-0.2, 0) is 17.8 Å². The highest BCUT2D eigenvalue weighted by Crippen LogP contribution is 2.20. The summed E-state index contributed by atoms with van der Waals surface area (Å²) in [5, 5.41) is 11.3. The van der Waals surface area contributed by atoms with E-state index < -0.39 is 0 Å². The lowest BCUT2D eigenvalue weighted by Gasteiger charge is -2.15. The minimum Gasteiger partial charge on any atom is -0.491 e. The van der Waals surface area contributed by atoms with Crippen LogP contribution < -0.4 is 15.4 Å². The maximum atomic E-state index is 5.86. The lowest BCUT2D eigenvalue weighted by Crippen LogP contribution is -2.36. The highest BCUT2D eigenvalue weighted by Gasteiger charge is 2.07. The van der Waals surface area contributed by atoms with Crippen molar-refractivity contribution in [2.24, 2.45) is 4.99 Å². The van der Waals surface area contributed by atoms with Gasteiger partial charge in [-0.05, 0) is 36.8 Å². The number of hydrogen-bond donors (Lipinski definition) is 2. The number of aromatic nitrogens is 2. The lowest BCUT2D eigenvalue weighted by molar-refractivity contribution is 0.145. The van der Waals surface area contributed by atoms with Gasteiger partial charge >= 0.3 is 0 Å². The Morgan fingerprint density at radius 3 is 2.55 bits per heavy atom. The standard InChI is InChI=1S/C23H29N5O2.HI/c1-18-9-10-19(22(15-18)30-14-13-29-3)16-25-23(24-2)26-17-20-11-12-28(27-20)21-7-5-4-6-8-21;/h4-12,15H,13-14,16-17H2,1-3H3,(H2,24,25,26);1H. The van der Waals surface area contributed by atoms with Crippen molar-refractivity contribution in [3.8, 4) is 11.4 Å². The van der Waals surface area contributed by atoms with Crippen LogP contribution in [0.1, 0.15) is 16.8 Å². The number of methoxy groups -OCH3 is 1. The number of benzene rings is 2. The molecule has 0 aliphatic rings. The second kappa shape index (κ2) is 13.0. The van der Waals surface area contributed by atoms with Crippen LogP contribution >= 0.6 is 24.0 Å². The van der Waals surface area contributed by atoms with Crippen LogP contribution in [0.15, 0.2) is 65.8 Å². The first kappa shape index (κ1) is 24.7. The molecule has 7 nitrogen and oxygen atoms in total. The van der Waals surface area contributed by atoms with Crippen molar-refractivity contribution in [3.05, 3.63) is 77.6 Å². The number of aryl methyl sites for hydroxylation is 1. The SMILES string of the molecule is CN=C(NCc1ccn(-c2ccccc2)n1)NCc1ccc(C)cc1OCCOC.I. The molecule has 3 aromatic rings. The normalized spacial score (nSPS) is 11.0. The molecule has 0 bridgehead atoms. The quantitative estimate of drug-likeness (QED) is 0.189. The zero-order valence-electron chi connectivity index (χ0n) is 18.2. The Balaban J connectivity index is 0.00000341. The number of guanidine groups is 1. The van der Waals surface area contributed by atoms with E-state index in [9.17, 15) is 0 Å². The number of halogens is 1. The summed E-state index contributed by atoms with van der Waals surface area (Å²) in [4.78, 5) is 4.30. The molecule has 1 heterocycles. The third kappa shape index (κ3) is 7.55. The predicted octanol–water partition coefficient (Wildman–Crippen LogP) is 3.69. The van der Waals surface area contributed by atoms with Gasteiger partial charge in [-0.25, -0.2) is 4.68 Å². The van der Waals surface area contributed by atoms with Crippen molar-refractivity contribution < 1.29 is 9.47 Å². The Bertz CT molecular complexity index is 960. The molecule has 1 aromatic heterocycles. The molecule has 166 valence electrons. The molecule has 0 amide bonds. The smallest absolute Gasteiger partial charge is 0.191 e. The van der Waals surface area contributed by atoms with Crippen molar-refractivity contribution in [3.63, 3.8) is 0 Å². The van der Waals surface area contributed by atoms with Gasteiger partial charge in [0.2, 0.25) is 0 Å². The number of para-hydroxylation sites is 1. The van der Waals surface area contributed by atoms with Gasteiger partial charge in [0.15, 0.2) is 5.96 Å². The van der Waals surface area contributed by atoms with E-state index in [4.69, 9.17) is 9.47 Å². The molecular formula is C23H30IN5O2. The number of hydrogen-bond acceptors (Lipinski definition) is 4. The molecule has 0 radical (unpaired) electrons. The van der Waals surface area contributed by atoms with Gasteiger partial charge in [-0.3, -0.25) is 4.99 Å². The lowest BCUT2D eigenvalue weighted by atomic mass is 10.1. The Morgan fingerprint density at radius 1 is 1.03 bits per heavy atom. The number of nitrogens with one attached hydrogen (secondary N) is 2. The van der Waals surface area contributed by atoms with Gasteiger partial charge in [-0.15, -0.1) is 24.0 Å². The fraction of sp³-hybridized carbons (Fsp3) is 0.304. The van der Waals surface area contributed by atoms with Crippen LogP contribution in [0.4, 0.5) is 0 Å². The maximum Gasteiger partial charge on any atom is 0.191 e. The van der Waals surface area contributed by atoms with E-state index in [-0.39, 0.29) is 24.0 Å². The molecule has 0 aliphatic carbocycles. The van der Waals surface area contributed by atoms with Crippen LogP contribution in [0.2, 0.25) is 0 Å². The van der Waals surface area contributed by atoms with Crippen molar-refractivity contribution >= 4 is 29.9 Å². The second-order valence-electron chi connectivity index (χ2n) is 6.82. The van der Waals surface area contributed by atoms with Crippen molar-refractivity contribution in [1.82, 2.24) is 20.4 Å². The minimum absolute atomic E-state index is 0. The average Bonchev–Trinajstić information content (AvgIpc) is 3.25. The molecule has 0 saturated carbocycles. The van der Waals surface area contributed by atoms with Crippen LogP contribution in [0.5, 0.6) is 5.75 Å². The number of ether oxygens (including phenoxy) is 2. The third-order valence-corrected chi connectivity index (χ3v) is 4.54. The molecule has 0 fully saturated rings. The first-order valence-electron chi connectivity index (χ1n) is 9.95. The fourth-order valence-electron chi connectivity index (χ4n) is 2.93. The van der Waals surface area contributed by atoms with E-state index in [1.807, 2.05) is 53.3 Å². The Kier molecular flexibility index (Phi) is 10.3. The average molecular weight is 535 g/mol. The largest absolute Gasteiger partial charge is 0.491 e. The fourth-order valence-corrected chi connectivity index (χ4v) is 2.93. The zero-order valence-corrected chi connectivity index (χ0v) is 20.5. The van der Waals surface area contributed by atoms with Crippen molar-refractivity contribution in [1.29, 1.82) is 0 Å². The highest BCUT2D eigenvalue weighted by molar-refractivity contribution is 14.0. The Morgan fingerprint density at radius 2 is 1.81 bits per heavy atom. The van der Waals surface area contributed by atoms with Gasteiger partial charge in [0.25, 0.3) is 0 Å². The van der Waals surface area contributed by atoms with E-state index in [0.717, 1.165) is 28.3 Å². The van der Waals surface area contributed by atoms with E-state index in [2.05, 4.69) is 39.8 Å². The summed E-state index contributed by atoms with van der Waals surface area (Å²) in [6.07, 6.45) is 1.96. The molecule has 31 heavy (non-hydrogen) atoms. The summed E-state index contributed by atoms with van der Waals surface area (Å²) in [6.45, 7) is 4.30. The maximum absolute atomic E-state index is 5.86. The summed E-state index contributed by atoms with van der Waals surface area (Å²) >= 11 is 0. The van der Waals surface area contributed by atoms with Crippen LogP contribution in [0, 0.1) is 6.92 Å². The predicted molar refractivity (Wildman–Crippen MR) is 135 cm³/mol. The number of nitrogens with zero attached hydrogens (tertiary/aromatic N) is 3. The molecule has 2 N–H and O–H groups in total. The summed E-state index contributed by atoms with van der Waals surface area (Å²) < 4.78 is 12.8. The Labute approximate surface area is 200 Å². The minimum atomic E-state index is 0. The number of rotatable bonds is 9. The van der Waals surface area contributed by atoms with E-state index in [0.29, 0.717) is 32.3 Å². The topological polar surface area (TPSA) is 72.7 Å². The van der Waals surface area contributed by atoms with Gasteiger partial charge in [-0.1, -0.05) is 30.3 Å². The summed E-state index contributed by atoms with van der Waals surface area (Å²) in [5.41, 5.74) is 4.18. The van der Waals surface area contributed by atoms with E-state index >= 15 is 0 Å². The van der Waals surface area contributed by atoms with Gasteiger partial charge in [0, 0.05) is 32.5 Å². The second-order valence-corrected chi connectivity index (χ2v) is 6.82. The van der Waals surface area contributed by atoms with E-state index in [1.165, 1.54) is 0 Å². The zero-order chi connectivity index (χ0) is 21.2. The van der Waals surface area contributed by atoms with Crippen LogP contribution in [0.3, 0.4) is 0 Å². The summed E-state index contributed by atoms with van der Waals surface area (Å²) in [5.74, 6) is 1.56. The summed E-state index contributed by atoms with van der Waals surface area (Å²) in [6, 6.07) is 18.2. The number of aliphatic imine (C=N–C) groups is 1. The van der Waals surface area contributed by atoms with Gasteiger partial charge in [0.1, 0.15) is 12.4 Å². The molecule has 0 unspecified atom stereocenters. The Hall–Kier alpha value is -2.59. The van der Waals surface area contributed by atoms with Crippen LogP contribution in [-0.4, -0.2) is 43.1 Å². The van der Waals surface area contributed by atoms with Gasteiger partial charge in [0.05, 0.1) is 24.5 Å². The van der Waals surface area contributed by atoms with Crippen molar-refractivity contribution in [2.45, 2.75) is 20.0 Å². The monoisotopic (exact) mass is 535 g/mol. The molecule has 0 saturated heterocycles. The third-order valence-electron chi connectivity index (χ3n) is 4.54. The van der Waals surface area contributed by atoms with E-state index in [1.54, 1.807) is 14.2 Å². The van der Waals surface area contributed by atoms with Crippen LogP contribution in [0.25, 0.3) is 5.69 Å². The molecular weight excluding hydrogens is 505 g/mol.